The SMILES string of the molecule is CCCCC1c2ccccc2-c2ccc(-c3c4ccccc4c(-c4ccc(-c5cc(-c6ccccc6)cc(-c6ccccc6)c5)c5ccccc45)c4ccccc34)cc21. The Labute approximate surface area is 347 Å². The Kier molecular flexibility index (Phi) is 8.78. The second-order valence-electron chi connectivity index (χ2n) is 16.2. The maximum atomic E-state index is 2.53. The molecule has 10 aromatic rings. The summed E-state index contributed by atoms with van der Waals surface area (Å²) >= 11 is 0. The molecule has 1 aliphatic carbocycles. The van der Waals surface area contributed by atoms with Crippen LogP contribution in [0.5, 0.6) is 0 Å². The van der Waals surface area contributed by atoms with Gasteiger partial charge in [-0.05, 0) is 141 Å². The number of rotatable bonds is 8. The topological polar surface area (TPSA) is 0 Å². The number of hydrogen-bond donors (Lipinski definition) is 0. The molecule has 0 heterocycles. The van der Waals surface area contributed by atoms with E-state index in [0.29, 0.717) is 5.92 Å². The summed E-state index contributed by atoms with van der Waals surface area (Å²) in [6.45, 7) is 2.31. The minimum Gasteiger partial charge on any atom is -0.0654 e. The molecule has 0 bridgehead atoms. The smallest absolute Gasteiger partial charge is 0.0102 e. The third-order valence-corrected chi connectivity index (χ3v) is 12.8. The van der Waals surface area contributed by atoms with Crippen LogP contribution in [0.15, 0.2) is 206 Å². The molecule has 0 heteroatoms. The van der Waals surface area contributed by atoms with Crippen molar-refractivity contribution < 1.29 is 0 Å². The van der Waals surface area contributed by atoms with Crippen LogP contribution in [-0.2, 0) is 0 Å². The van der Waals surface area contributed by atoms with Crippen molar-refractivity contribution in [2.24, 2.45) is 0 Å². The Balaban J connectivity index is 1.12. The van der Waals surface area contributed by atoms with E-state index in [9.17, 15) is 0 Å². The van der Waals surface area contributed by atoms with Crippen LogP contribution in [0.25, 0.3) is 99.1 Å². The molecule has 11 rings (SSSR count). The molecule has 0 radical (unpaired) electrons. The number of hydrogen-bond acceptors (Lipinski definition) is 0. The van der Waals surface area contributed by atoms with E-state index >= 15 is 0 Å². The summed E-state index contributed by atoms with van der Waals surface area (Å²) in [4.78, 5) is 0. The van der Waals surface area contributed by atoms with E-state index < -0.39 is 0 Å². The van der Waals surface area contributed by atoms with Gasteiger partial charge in [-0.15, -0.1) is 0 Å². The molecule has 1 atom stereocenters. The van der Waals surface area contributed by atoms with E-state index in [1.165, 1.54) is 129 Å². The molecular formula is C59H44. The van der Waals surface area contributed by atoms with E-state index in [2.05, 4.69) is 213 Å². The van der Waals surface area contributed by atoms with Gasteiger partial charge >= 0.3 is 0 Å². The predicted molar refractivity (Wildman–Crippen MR) is 253 cm³/mol. The van der Waals surface area contributed by atoms with Gasteiger partial charge in [0.15, 0.2) is 0 Å². The summed E-state index contributed by atoms with van der Waals surface area (Å²) < 4.78 is 0. The first kappa shape index (κ1) is 35.2. The molecular weight excluding hydrogens is 709 g/mol. The van der Waals surface area contributed by atoms with Crippen LogP contribution in [-0.4, -0.2) is 0 Å². The molecule has 1 unspecified atom stereocenters. The van der Waals surface area contributed by atoms with E-state index in [0.717, 1.165) is 0 Å². The van der Waals surface area contributed by atoms with Crippen molar-refractivity contribution in [3.63, 3.8) is 0 Å². The second-order valence-corrected chi connectivity index (χ2v) is 16.2. The maximum Gasteiger partial charge on any atom is 0.0102 e. The van der Waals surface area contributed by atoms with Crippen LogP contribution in [0.2, 0.25) is 0 Å². The van der Waals surface area contributed by atoms with Crippen LogP contribution in [0.1, 0.15) is 43.2 Å². The molecule has 0 nitrogen and oxygen atoms in total. The Morgan fingerprint density at radius 1 is 0.305 bits per heavy atom. The summed E-state index contributed by atoms with van der Waals surface area (Å²) in [7, 11) is 0. The first-order valence-electron chi connectivity index (χ1n) is 21.2. The summed E-state index contributed by atoms with van der Waals surface area (Å²) in [6.07, 6.45) is 3.61. The highest BCUT2D eigenvalue weighted by Crippen LogP contribution is 2.51. The monoisotopic (exact) mass is 752 g/mol. The number of unbranched alkanes of at least 4 members (excludes halogenated alkanes) is 1. The highest BCUT2D eigenvalue weighted by molar-refractivity contribution is 6.24. The standard InChI is InChI=1S/C59H44/c1-2-3-22-50-47-24-11-12-25-48(47)51-32-31-41(38-57(50)51)58-52-27-14-16-29-54(52)59(55-30-17-15-28-53(55)58)56-34-33-45(46-23-10-13-26-49(46)56)44-36-42(39-18-6-4-7-19-39)35-43(37-44)40-20-8-5-9-21-40/h4-21,23-38,50H,2-3,22H2,1H3. The minimum atomic E-state index is 0.430. The van der Waals surface area contributed by atoms with Crippen molar-refractivity contribution in [2.45, 2.75) is 32.1 Å². The molecule has 0 saturated carbocycles. The molecule has 0 saturated heterocycles. The number of benzene rings is 10. The van der Waals surface area contributed by atoms with Crippen LogP contribution in [0.4, 0.5) is 0 Å². The fraction of sp³-hybridized carbons (Fsp3) is 0.0847. The van der Waals surface area contributed by atoms with Gasteiger partial charge in [-0.1, -0.05) is 202 Å². The van der Waals surface area contributed by atoms with Gasteiger partial charge in [-0.25, -0.2) is 0 Å². The first-order valence-corrected chi connectivity index (χ1v) is 21.2. The zero-order chi connectivity index (χ0) is 39.3. The minimum absolute atomic E-state index is 0.430. The summed E-state index contributed by atoms with van der Waals surface area (Å²) in [5.41, 5.74) is 18.2. The Morgan fingerprint density at radius 3 is 1.37 bits per heavy atom. The highest BCUT2D eigenvalue weighted by Gasteiger charge is 2.29. The zero-order valence-corrected chi connectivity index (χ0v) is 33.3. The molecule has 280 valence electrons. The van der Waals surface area contributed by atoms with E-state index in [4.69, 9.17) is 0 Å². The molecule has 0 aliphatic heterocycles. The highest BCUT2D eigenvalue weighted by atomic mass is 14.3. The summed E-state index contributed by atoms with van der Waals surface area (Å²) in [5.74, 6) is 0.430. The Bertz CT molecular complexity index is 3070. The van der Waals surface area contributed by atoms with Gasteiger partial charge in [0.25, 0.3) is 0 Å². The largest absolute Gasteiger partial charge is 0.0654 e. The molecule has 0 fully saturated rings. The Morgan fingerprint density at radius 2 is 0.763 bits per heavy atom. The average molecular weight is 753 g/mol. The molecule has 0 aromatic heterocycles. The van der Waals surface area contributed by atoms with Gasteiger partial charge in [0.05, 0.1) is 0 Å². The molecule has 10 aromatic carbocycles. The maximum absolute atomic E-state index is 2.53. The molecule has 0 spiro atoms. The third-order valence-electron chi connectivity index (χ3n) is 12.8. The van der Waals surface area contributed by atoms with Crippen LogP contribution in [0.3, 0.4) is 0 Å². The Hall–Kier alpha value is -7.02. The van der Waals surface area contributed by atoms with Gasteiger partial charge in [0.1, 0.15) is 0 Å². The van der Waals surface area contributed by atoms with Gasteiger partial charge in [0.2, 0.25) is 0 Å². The fourth-order valence-electron chi connectivity index (χ4n) is 10.1. The van der Waals surface area contributed by atoms with Crippen molar-refractivity contribution in [1.82, 2.24) is 0 Å². The normalized spacial score (nSPS) is 13.2. The quantitative estimate of drug-likeness (QED) is 0.136. The van der Waals surface area contributed by atoms with Crippen molar-refractivity contribution in [3.05, 3.63) is 217 Å². The van der Waals surface area contributed by atoms with Gasteiger partial charge in [0, 0.05) is 5.92 Å². The lowest BCUT2D eigenvalue weighted by molar-refractivity contribution is 0.659. The molecule has 0 N–H and O–H groups in total. The van der Waals surface area contributed by atoms with E-state index in [1.54, 1.807) is 0 Å². The lowest BCUT2D eigenvalue weighted by Gasteiger charge is -2.21. The van der Waals surface area contributed by atoms with Crippen molar-refractivity contribution in [1.29, 1.82) is 0 Å². The fourth-order valence-corrected chi connectivity index (χ4v) is 10.1. The van der Waals surface area contributed by atoms with Crippen molar-refractivity contribution in [3.8, 4) is 66.8 Å². The molecule has 59 heavy (non-hydrogen) atoms. The van der Waals surface area contributed by atoms with Crippen molar-refractivity contribution in [2.75, 3.05) is 0 Å². The van der Waals surface area contributed by atoms with Gasteiger partial charge in [-0.3, -0.25) is 0 Å². The van der Waals surface area contributed by atoms with Crippen LogP contribution < -0.4 is 0 Å². The molecule has 1 aliphatic rings. The summed E-state index contributed by atoms with van der Waals surface area (Å²) in [5, 5.41) is 7.65. The van der Waals surface area contributed by atoms with Gasteiger partial charge < -0.3 is 0 Å². The third kappa shape index (κ3) is 5.98. The first-order chi connectivity index (χ1) is 29.2. The van der Waals surface area contributed by atoms with Crippen LogP contribution in [0, 0.1) is 0 Å². The average Bonchev–Trinajstić information content (AvgIpc) is 3.62. The number of fused-ring (bicyclic) bond motifs is 6. The summed E-state index contributed by atoms with van der Waals surface area (Å²) in [6, 6.07) is 76.9. The van der Waals surface area contributed by atoms with E-state index in [-0.39, 0.29) is 0 Å². The lowest BCUT2D eigenvalue weighted by Crippen LogP contribution is -1.97. The zero-order valence-electron chi connectivity index (χ0n) is 33.3. The van der Waals surface area contributed by atoms with Gasteiger partial charge in [-0.2, -0.15) is 0 Å². The second kappa shape index (κ2) is 14.7. The van der Waals surface area contributed by atoms with E-state index in [1.807, 2.05) is 0 Å². The predicted octanol–water partition coefficient (Wildman–Crippen LogP) is 16.8. The lowest BCUT2D eigenvalue weighted by atomic mass is 9.82. The van der Waals surface area contributed by atoms with Crippen LogP contribution >= 0.6 is 0 Å². The molecule has 0 amide bonds. The van der Waals surface area contributed by atoms with Crippen molar-refractivity contribution >= 4 is 32.3 Å².